The van der Waals surface area contributed by atoms with Gasteiger partial charge in [0.1, 0.15) is 0 Å². The van der Waals surface area contributed by atoms with Crippen LogP contribution in [0.25, 0.3) is 0 Å². The number of hydrogen-bond donors (Lipinski definition) is 0. The van der Waals surface area contributed by atoms with Gasteiger partial charge in [-0.2, -0.15) is 0 Å². The second-order valence-electron chi connectivity index (χ2n) is 6.01. The molecule has 0 saturated heterocycles. The van der Waals surface area contributed by atoms with Crippen molar-refractivity contribution in [1.29, 1.82) is 0 Å². The molecule has 1 aromatic carbocycles. The van der Waals surface area contributed by atoms with Crippen LogP contribution in [0.15, 0.2) is 35.3 Å². The molecule has 1 aromatic rings. The molecule has 0 saturated carbocycles. The van der Waals surface area contributed by atoms with Gasteiger partial charge in [-0.3, -0.25) is 9.89 Å². The third kappa shape index (κ3) is 6.17. The fourth-order valence-corrected chi connectivity index (χ4v) is 2.28. The second-order valence-corrected chi connectivity index (χ2v) is 6.01. The lowest BCUT2D eigenvalue weighted by Gasteiger charge is -2.25. The van der Waals surface area contributed by atoms with Gasteiger partial charge in [0, 0.05) is 47.3 Å². The van der Waals surface area contributed by atoms with Gasteiger partial charge in [0.25, 0.3) is 0 Å². The molecule has 0 aliphatic heterocycles. The molecule has 118 valence electrons. The predicted molar refractivity (Wildman–Crippen MR) is 91.7 cm³/mol. The van der Waals surface area contributed by atoms with Gasteiger partial charge in [0.05, 0.1) is 0 Å². The van der Waals surface area contributed by atoms with Gasteiger partial charge in [-0.05, 0) is 26.0 Å². The molecule has 1 unspecified atom stereocenters. The van der Waals surface area contributed by atoms with Crippen molar-refractivity contribution in [2.45, 2.75) is 25.9 Å². The molecule has 0 aromatic heterocycles. The lowest BCUT2D eigenvalue weighted by molar-refractivity contribution is 0.240. The minimum Gasteiger partial charge on any atom is -0.349 e. The van der Waals surface area contributed by atoms with Crippen LogP contribution in [-0.4, -0.2) is 68.5 Å². The van der Waals surface area contributed by atoms with E-state index in [0.29, 0.717) is 6.04 Å². The van der Waals surface area contributed by atoms with Gasteiger partial charge in [0.15, 0.2) is 5.96 Å². The summed E-state index contributed by atoms with van der Waals surface area (Å²) >= 11 is 0. The zero-order chi connectivity index (χ0) is 15.8. The Labute approximate surface area is 130 Å². The maximum Gasteiger partial charge on any atom is 0.195 e. The first-order chi connectivity index (χ1) is 9.91. The number of hydrogen-bond acceptors (Lipinski definition) is 2. The van der Waals surface area contributed by atoms with E-state index in [2.05, 4.69) is 59.0 Å². The summed E-state index contributed by atoms with van der Waals surface area (Å²) in [6.07, 6.45) is 1.06. The quantitative estimate of drug-likeness (QED) is 0.593. The Hall–Kier alpha value is -1.55. The van der Waals surface area contributed by atoms with Crippen LogP contribution in [0.3, 0.4) is 0 Å². The summed E-state index contributed by atoms with van der Waals surface area (Å²) in [5, 5.41) is 0. The van der Waals surface area contributed by atoms with Crippen molar-refractivity contribution < 1.29 is 0 Å². The van der Waals surface area contributed by atoms with Crippen molar-refractivity contribution in [3.63, 3.8) is 0 Å². The molecule has 0 N–H and O–H groups in total. The minimum absolute atomic E-state index is 0.513. The maximum absolute atomic E-state index is 4.69. The molecule has 1 rings (SSSR count). The van der Waals surface area contributed by atoms with Gasteiger partial charge in [0.2, 0.25) is 0 Å². The molecule has 0 aliphatic carbocycles. The number of guanidine groups is 1. The zero-order valence-corrected chi connectivity index (χ0v) is 14.4. The Morgan fingerprint density at radius 3 is 2.10 bits per heavy atom. The summed E-state index contributed by atoms with van der Waals surface area (Å²) in [4.78, 5) is 11.2. The van der Waals surface area contributed by atoms with Crippen LogP contribution >= 0.6 is 0 Å². The topological polar surface area (TPSA) is 22.1 Å². The Balaban J connectivity index is 2.46. The van der Waals surface area contributed by atoms with E-state index in [1.165, 1.54) is 5.56 Å². The molecule has 21 heavy (non-hydrogen) atoms. The Morgan fingerprint density at radius 2 is 1.57 bits per heavy atom. The second kappa shape index (κ2) is 8.67. The van der Waals surface area contributed by atoms with Crippen LogP contribution in [-0.2, 0) is 6.54 Å². The van der Waals surface area contributed by atoms with E-state index in [0.717, 1.165) is 25.5 Å². The highest BCUT2D eigenvalue weighted by Crippen LogP contribution is 2.08. The summed E-state index contributed by atoms with van der Waals surface area (Å²) in [6, 6.07) is 11.1. The monoisotopic (exact) mass is 290 g/mol. The van der Waals surface area contributed by atoms with Gasteiger partial charge < -0.3 is 9.80 Å². The lowest BCUT2D eigenvalue weighted by atomic mass is 10.1. The largest absolute Gasteiger partial charge is 0.349 e. The Morgan fingerprint density at radius 1 is 1.00 bits per heavy atom. The Kier molecular flexibility index (Phi) is 7.23. The average molecular weight is 290 g/mol. The molecule has 1 atom stereocenters. The van der Waals surface area contributed by atoms with Crippen LogP contribution < -0.4 is 0 Å². The third-order valence-electron chi connectivity index (χ3n) is 3.63. The van der Waals surface area contributed by atoms with Crippen LogP contribution in [0.2, 0.25) is 0 Å². The maximum atomic E-state index is 4.69. The summed E-state index contributed by atoms with van der Waals surface area (Å²) < 4.78 is 0. The summed E-state index contributed by atoms with van der Waals surface area (Å²) in [7, 11) is 10.3. The predicted octanol–water partition coefficient (Wildman–Crippen LogP) is 2.38. The first-order valence-electron chi connectivity index (χ1n) is 7.55. The van der Waals surface area contributed by atoms with E-state index >= 15 is 0 Å². The van der Waals surface area contributed by atoms with Crippen LogP contribution in [0.1, 0.15) is 18.9 Å². The fourth-order valence-electron chi connectivity index (χ4n) is 2.28. The van der Waals surface area contributed by atoms with E-state index in [1.807, 2.05) is 28.2 Å². The van der Waals surface area contributed by atoms with Gasteiger partial charge in [-0.25, -0.2) is 0 Å². The molecular formula is C17H30N4. The molecule has 0 heterocycles. The van der Waals surface area contributed by atoms with Crippen LogP contribution in [0.5, 0.6) is 0 Å². The van der Waals surface area contributed by atoms with Crippen molar-refractivity contribution in [2.24, 2.45) is 4.99 Å². The molecule has 0 aliphatic rings. The summed E-state index contributed by atoms with van der Waals surface area (Å²) in [5.41, 5.74) is 1.36. The summed E-state index contributed by atoms with van der Waals surface area (Å²) in [5.74, 6) is 1.02. The minimum atomic E-state index is 0.513. The van der Waals surface area contributed by atoms with Crippen molar-refractivity contribution in [1.82, 2.24) is 14.7 Å². The molecule has 0 amide bonds. The third-order valence-corrected chi connectivity index (χ3v) is 3.63. The van der Waals surface area contributed by atoms with Gasteiger partial charge in [-0.15, -0.1) is 0 Å². The average Bonchev–Trinajstić information content (AvgIpc) is 2.43. The van der Waals surface area contributed by atoms with Gasteiger partial charge in [-0.1, -0.05) is 30.3 Å². The van der Waals surface area contributed by atoms with Crippen LogP contribution in [0, 0.1) is 0 Å². The van der Waals surface area contributed by atoms with E-state index in [-0.39, 0.29) is 0 Å². The van der Waals surface area contributed by atoms with E-state index in [4.69, 9.17) is 4.99 Å². The van der Waals surface area contributed by atoms with Gasteiger partial charge >= 0.3 is 0 Å². The van der Waals surface area contributed by atoms with Crippen molar-refractivity contribution >= 4 is 5.96 Å². The zero-order valence-electron chi connectivity index (χ0n) is 14.4. The number of rotatable bonds is 6. The highest BCUT2D eigenvalue weighted by Gasteiger charge is 2.10. The molecule has 4 heteroatoms. The standard InChI is InChI=1S/C17H30N4/c1-15(12-13-18-17(19(2)3)20(4)5)21(6)14-16-10-8-7-9-11-16/h7-11,15H,12-14H2,1-6H3. The lowest BCUT2D eigenvalue weighted by Crippen LogP contribution is -2.36. The first kappa shape index (κ1) is 17.5. The molecule has 0 bridgehead atoms. The molecule has 0 fully saturated rings. The normalized spacial score (nSPS) is 12.1. The Bertz CT molecular complexity index is 416. The highest BCUT2D eigenvalue weighted by molar-refractivity contribution is 5.79. The van der Waals surface area contributed by atoms with E-state index < -0.39 is 0 Å². The number of nitrogens with zero attached hydrogens (tertiary/aromatic N) is 4. The SMILES string of the molecule is CC(CCN=C(N(C)C)N(C)C)N(C)Cc1ccccc1. The molecule has 0 radical (unpaired) electrons. The smallest absolute Gasteiger partial charge is 0.195 e. The van der Waals surface area contributed by atoms with Crippen molar-refractivity contribution in [3.05, 3.63) is 35.9 Å². The van der Waals surface area contributed by atoms with Crippen molar-refractivity contribution in [2.75, 3.05) is 41.8 Å². The number of benzene rings is 1. The van der Waals surface area contributed by atoms with Crippen molar-refractivity contribution in [3.8, 4) is 0 Å². The van der Waals surface area contributed by atoms with E-state index in [9.17, 15) is 0 Å². The van der Waals surface area contributed by atoms with E-state index in [1.54, 1.807) is 0 Å². The molecular weight excluding hydrogens is 260 g/mol. The number of aliphatic imine (C=N–C) groups is 1. The van der Waals surface area contributed by atoms with Crippen LogP contribution in [0.4, 0.5) is 0 Å². The fraction of sp³-hybridized carbons (Fsp3) is 0.588. The molecule has 4 nitrogen and oxygen atoms in total. The highest BCUT2D eigenvalue weighted by atomic mass is 15.3. The molecule has 0 spiro atoms. The summed E-state index contributed by atoms with van der Waals surface area (Å²) in [6.45, 7) is 4.11. The first-order valence-corrected chi connectivity index (χ1v) is 7.55.